The molecule has 0 aromatic heterocycles. The fourth-order valence-electron chi connectivity index (χ4n) is 6.66. The summed E-state index contributed by atoms with van der Waals surface area (Å²) in [5, 5.41) is 33.4. The third-order valence-electron chi connectivity index (χ3n) is 9.72. The first kappa shape index (κ1) is 21.4. The van der Waals surface area contributed by atoms with E-state index in [1.807, 2.05) is 6.92 Å². The standard InChI is InChI=1S/C21H38O5Si/c1-16(2,3)27(7,8)26-13-17(4)14-9-10-18(5,24)20(14)11-15(23)19(17,6)21(20,25)12-22/h14,22,24-25H,9-13H2,1-8H3/t14?,17?,18-,19-,20+,21-/m1/s1. The fourth-order valence-corrected chi connectivity index (χ4v) is 7.76. The summed E-state index contributed by atoms with van der Waals surface area (Å²) in [5.41, 5.74) is -5.58. The highest BCUT2D eigenvalue weighted by atomic mass is 28.4. The Bertz CT molecular complexity index is 668. The van der Waals surface area contributed by atoms with Crippen LogP contribution in [0, 0.1) is 22.2 Å². The van der Waals surface area contributed by atoms with Crippen LogP contribution >= 0.6 is 0 Å². The maximum Gasteiger partial charge on any atom is 0.192 e. The zero-order valence-corrected chi connectivity index (χ0v) is 19.3. The molecule has 0 aromatic carbocycles. The molecule has 0 amide bonds. The van der Waals surface area contributed by atoms with E-state index in [1.54, 1.807) is 13.8 Å². The van der Waals surface area contributed by atoms with Gasteiger partial charge in [0, 0.05) is 23.9 Å². The van der Waals surface area contributed by atoms with Crippen LogP contribution in [0.15, 0.2) is 0 Å². The zero-order chi connectivity index (χ0) is 20.9. The molecular weight excluding hydrogens is 360 g/mol. The number of fused-ring (bicyclic) bond motifs is 1. The molecule has 3 saturated carbocycles. The summed E-state index contributed by atoms with van der Waals surface area (Å²) in [7, 11) is -2.06. The molecule has 3 aliphatic rings. The highest BCUT2D eigenvalue weighted by Gasteiger charge is 2.89. The Balaban J connectivity index is 2.12. The number of carbonyl (C=O) groups excluding carboxylic acids is 1. The van der Waals surface area contributed by atoms with Gasteiger partial charge < -0.3 is 19.7 Å². The summed E-state index contributed by atoms with van der Waals surface area (Å²) in [6, 6.07) is 0. The Morgan fingerprint density at radius 2 is 1.74 bits per heavy atom. The molecule has 0 aromatic rings. The zero-order valence-electron chi connectivity index (χ0n) is 18.3. The normalized spacial score (nSPS) is 49.7. The smallest absolute Gasteiger partial charge is 0.192 e. The molecule has 1 spiro atoms. The summed E-state index contributed by atoms with van der Waals surface area (Å²) < 4.78 is 6.57. The Morgan fingerprint density at radius 1 is 1.19 bits per heavy atom. The fraction of sp³-hybridized carbons (Fsp3) is 0.952. The molecule has 3 fully saturated rings. The van der Waals surface area contributed by atoms with E-state index in [9.17, 15) is 20.1 Å². The lowest BCUT2D eigenvalue weighted by atomic mass is 9.57. The minimum absolute atomic E-state index is 0.0397. The summed E-state index contributed by atoms with van der Waals surface area (Å²) >= 11 is 0. The molecule has 3 rings (SSSR count). The molecule has 6 heteroatoms. The van der Waals surface area contributed by atoms with Gasteiger partial charge in [-0.1, -0.05) is 27.7 Å². The predicted octanol–water partition coefficient (Wildman–Crippen LogP) is 2.88. The summed E-state index contributed by atoms with van der Waals surface area (Å²) in [5.74, 6) is -0.122. The van der Waals surface area contributed by atoms with Crippen molar-refractivity contribution in [3.63, 3.8) is 0 Å². The molecule has 2 bridgehead atoms. The van der Waals surface area contributed by atoms with Crippen molar-refractivity contribution in [2.24, 2.45) is 22.2 Å². The largest absolute Gasteiger partial charge is 0.416 e. The Morgan fingerprint density at radius 3 is 2.22 bits per heavy atom. The van der Waals surface area contributed by atoms with Crippen LogP contribution in [-0.2, 0) is 9.22 Å². The topological polar surface area (TPSA) is 87.0 Å². The minimum Gasteiger partial charge on any atom is -0.416 e. The number of aliphatic hydroxyl groups excluding tert-OH is 1. The Kier molecular flexibility index (Phi) is 4.33. The highest BCUT2D eigenvalue weighted by molar-refractivity contribution is 6.74. The lowest BCUT2D eigenvalue weighted by molar-refractivity contribution is -0.191. The van der Waals surface area contributed by atoms with Crippen LogP contribution < -0.4 is 0 Å². The van der Waals surface area contributed by atoms with E-state index in [1.165, 1.54) is 0 Å². The first-order chi connectivity index (χ1) is 12.0. The van der Waals surface area contributed by atoms with Gasteiger partial charge in [0.1, 0.15) is 11.4 Å². The summed E-state index contributed by atoms with van der Waals surface area (Å²) in [4.78, 5) is 13.3. The van der Waals surface area contributed by atoms with E-state index in [2.05, 4.69) is 33.9 Å². The Labute approximate surface area is 164 Å². The molecule has 3 aliphatic carbocycles. The lowest BCUT2D eigenvalue weighted by Crippen LogP contribution is -2.60. The van der Waals surface area contributed by atoms with Crippen molar-refractivity contribution < 1.29 is 24.5 Å². The van der Waals surface area contributed by atoms with Crippen molar-refractivity contribution in [1.29, 1.82) is 0 Å². The average Bonchev–Trinajstić information content (AvgIpc) is 2.95. The molecule has 3 N–H and O–H groups in total. The monoisotopic (exact) mass is 398 g/mol. The van der Waals surface area contributed by atoms with Crippen LogP contribution in [0.3, 0.4) is 0 Å². The van der Waals surface area contributed by atoms with Crippen LogP contribution in [0.25, 0.3) is 0 Å². The van der Waals surface area contributed by atoms with Gasteiger partial charge in [-0.15, -0.1) is 0 Å². The van der Waals surface area contributed by atoms with Crippen LogP contribution in [0.2, 0.25) is 18.1 Å². The van der Waals surface area contributed by atoms with E-state index in [0.717, 1.165) is 6.42 Å². The Hall–Kier alpha value is -0.273. The van der Waals surface area contributed by atoms with E-state index in [-0.39, 0.29) is 23.2 Å². The molecule has 6 atom stereocenters. The molecular formula is C21H38O5Si. The van der Waals surface area contributed by atoms with Gasteiger partial charge in [-0.25, -0.2) is 0 Å². The number of Topliss-reactive ketones (excluding diaryl/α,β-unsaturated/α-hetero) is 1. The summed E-state index contributed by atoms with van der Waals surface area (Å²) in [6.45, 7) is 16.3. The van der Waals surface area contributed by atoms with E-state index >= 15 is 0 Å². The molecule has 2 unspecified atom stereocenters. The van der Waals surface area contributed by atoms with Crippen molar-refractivity contribution in [2.45, 2.75) is 90.1 Å². The van der Waals surface area contributed by atoms with Crippen molar-refractivity contribution in [3.8, 4) is 0 Å². The quantitative estimate of drug-likeness (QED) is 0.634. The second-order valence-corrected chi connectivity index (χ2v) is 16.4. The van der Waals surface area contributed by atoms with Crippen LogP contribution in [0.5, 0.6) is 0 Å². The van der Waals surface area contributed by atoms with Gasteiger partial charge in [0.25, 0.3) is 0 Å². The maximum atomic E-state index is 13.3. The third kappa shape index (κ3) is 2.07. The van der Waals surface area contributed by atoms with Gasteiger partial charge in [-0.3, -0.25) is 4.79 Å². The highest BCUT2D eigenvalue weighted by Crippen LogP contribution is 2.82. The molecule has 0 saturated heterocycles. The van der Waals surface area contributed by atoms with Crippen molar-refractivity contribution in [3.05, 3.63) is 0 Å². The molecule has 0 radical (unpaired) electrons. The number of carbonyl (C=O) groups is 1. The van der Waals surface area contributed by atoms with Crippen molar-refractivity contribution in [2.75, 3.05) is 13.2 Å². The van der Waals surface area contributed by atoms with Gasteiger partial charge in [-0.2, -0.15) is 0 Å². The first-order valence-corrected chi connectivity index (χ1v) is 13.1. The second kappa shape index (κ2) is 5.45. The molecule has 156 valence electrons. The second-order valence-electron chi connectivity index (χ2n) is 11.5. The van der Waals surface area contributed by atoms with Gasteiger partial charge in [0.15, 0.2) is 8.32 Å². The average molecular weight is 399 g/mol. The SMILES string of the molecule is CC1(CO[Si](C)(C)C(C)(C)C)C2CC[C@@](C)(O)[C@]23CC(=O)[C@@]1(C)[C@]3(O)CO. The number of hydrogen-bond donors (Lipinski definition) is 3. The van der Waals surface area contributed by atoms with Crippen LogP contribution in [-0.4, -0.2) is 53.8 Å². The minimum atomic E-state index is -2.06. The van der Waals surface area contributed by atoms with E-state index in [0.29, 0.717) is 13.0 Å². The van der Waals surface area contributed by atoms with Gasteiger partial charge in [-0.05, 0) is 50.7 Å². The van der Waals surface area contributed by atoms with Crippen LogP contribution in [0.4, 0.5) is 0 Å². The number of hydrogen-bond acceptors (Lipinski definition) is 5. The molecule has 27 heavy (non-hydrogen) atoms. The summed E-state index contributed by atoms with van der Waals surface area (Å²) in [6.07, 6.45) is 1.39. The third-order valence-corrected chi connectivity index (χ3v) is 14.2. The van der Waals surface area contributed by atoms with Gasteiger partial charge in [0.2, 0.25) is 0 Å². The number of aliphatic hydroxyl groups is 3. The number of ketones is 1. The van der Waals surface area contributed by atoms with Crippen molar-refractivity contribution >= 4 is 14.1 Å². The van der Waals surface area contributed by atoms with Gasteiger partial charge >= 0.3 is 0 Å². The number of rotatable bonds is 4. The van der Waals surface area contributed by atoms with Crippen LogP contribution in [0.1, 0.15) is 60.8 Å². The van der Waals surface area contributed by atoms with Crippen molar-refractivity contribution in [1.82, 2.24) is 0 Å². The van der Waals surface area contributed by atoms with Gasteiger partial charge in [0.05, 0.1) is 17.6 Å². The predicted molar refractivity (Wildman–Crippen MR) is 107 cm³/mol. The first-order valence-electron chi connectivity index (χ1n) is 10.2. The van der Waals surface area contributed by atoms with E-state index in [4.69, 9.17) is 4.43 Å². The maximum absolute atomic E-state index is 13.3. The molecule has 0 heterocycles. The van der Waals surface area contributed by atoms with E-state index < -0.39 is 42.4 Å². The molecule has 5 nitrogen and oxygen atoms in total. The lowest BCUT2D eigenvalue weighted by Gasteiger charge is -2.49. The molecule has 0 aliphatic heterocycles.